The molecule has 84 valence electrons. The summed E-state index contributed by atoms with van der Waals surface area (Å²) in [5.41, 5.74) is 0.200. The van der Waals surface area contributed by atoms with Crippen molar-refractivity contribution in [3.63, 3.8) is 0 Å². The van der Waals surface area contributed by atoms with Crippen molar-refractivity contribution in [1.29, 1.82) is 0 Å². The van der Waals surface area contributed by atoms with Crippen LogP contribution in [0, 0.1) is 0 Å². The highest BCUT2D eigenvalue weighted by atomic mass is 16.5. The average Bonchev–Trinajstić information content (AvgIpc) is 2.16. The first-order chi connectivity index (χ1) is 7.11. The molecule has 0 aromatic heterocycles. The lowest BCUT2D eigenvalue weighted by molar-refractivity contribution is -0.140. The minimum Gasteiger partial charge on any atom is -0.461 e. The molecule has 0 atom stereocenters. The molecule has 0 unspecified atom stereocenters. The summed E-state index contributed by atoms with van der Waals surface area (Å²) < 4.78 is 4.79. The predicted octanol–water partition coefficient (Wildman–Crippen LogP) is 1.54. The lowest BCUT2D eigenvalue weighted by Crippen LogP contribution is -2.26. The second kappa shape index (κ2) is 7.79. The smallest absolute Gasteiger partial charge is 0.354 e. The molecule has 0 saturated carbocycles. The summed E-state index contributed by atoms with van der Waals surface area (Å²) in [6, 6.07) is 0. The molecular formula is C11H17NO3. The molecule has 4 heteroatoms. The summed E-state index contributed by atoms with van der Waals surface area (Å²) in [7, 11) is 0. The lowest BCUT2D eigenvalue weighted by atomic mass is 10.2. The van der Waals surface area contributed by atoms with Crippen molar-refractivity contribution in [2.24, 2.45) is 0 Å². The van der Waals surface area contributed by atoms with E-state index in [4.69, 9.17) is 4.74 Å². The Morgan fingerprint density at radius 2 is 2.07 bits per heavy atom. The zero-order chi connectivity index (χ0) is 11.7. The van der Waals surface area contributed by atoms with Gasteiger partial charge in [-0.1, -0.05) is 12.2 Å². The number of carbonyl (C=O) groups excluding carboxylic acids is 2. The van der Waals surface area contributed by atoms with E-state index in [2.05, 4.69) is 11.9 Å². The van der Waals surface area contributed by atoms with Crippen molar-refractivity contribution in [1.82, 2.24) is 5.32 Å². The Hall–Kier alpha value is -1.58. The van der Waals surface area contributed by atoms with Gasteiger partial charge in [-0.25, -0.2) is 4.79 Å². The first kappa shape index (κ1) is 13.4. The van der Waals surface area contributed by atoms with Crippen LogP contribution in [0.2, 0.25) is 0 Å². The summed E-state index contributed by atoms with van der Waals surface area (Å²) in [5, 5.41) is 2.44. The van der Waals surface area contributed by atoms with Gasteiger partial charge < -0.3 is 10.1 Å². The molecule has 15 heavy (non-hydrogen) atoms. The number of rotatable bonds is 6. The van der Waals surface area contributed by atoms with E-state index in [0.29, 0.717) is 6.42 Å². The van der Waals surface area contributed by atoms with Crippen LogP contribution in [0.1, 0.15) is 26.7 Å². The molecule has 0 fully saturated rings. The second-order valence-electron chi connectivity index (χ2n) is 2.89. The Morgan fingerprint density at radius 1 is 1.40 bits per heavy atom. The molecule has 0 spiro atoms. The SMILES string of the molecule is C=CCCC=C(NC(C)=O)C(=O)OCC. The molecular weight excluding hydrogens is 194 g/mol. The molecule has 0 rings (SSSR count). The molecule has 0 aromatic carbocycles. The highest BCUT2D eigenvalue weighted by molar-refractivity contribution is 5.93. The molecule has 0 aliphatic heterocycles. The molecule has 0 aliphatic rings. The number of hydrogen-bond donors (Lipinski definition) is 1. The van der Waals surface area contributed by atoms with E-state index in [9.17, 15) is 9.59 Å². The van der Waals surface area contributed by atoms with Crippen molar-refractivity contribution in [2.75, 3.05) is 6.61 Å². The van der Waals surface area contributed by atoms with E-state index in [1.54, 1.807) is 19.1 Å². The number of amides is 1. The zero-order valence-electron chi connectivity index (χ0n) is 9.21. The maximum absolute atomic E-state index is 11.3. The van der Waals surface area contributed by atoms with Gasteiger partial charge in [-0.3, -0.25) is 4.79 Å². The summed E-state index contributed by atoms with van der Waals surface area (Å²) in [5.74, 6) is -0.787. The Morgan fingerprint density at radius 3 is 2.53 bits per heavy atom. The molecule has 0 aliphatic carbocycles. The summed E-state index contributed by atoms with van der Waals surface area (Å²) in [4.78, 5) is 22.2. The maximum atomic E-state index is 11.3. The highest BCUT2D eigenvalue weighted by Crippen LogP contribution is 2.00. The van der Waals surface area contributed by atoms with E-state index in [1.165, 1.54) is 6.92 Å². The normalized spacial score (nSPS) is 10.7. The third kappa shape index (κ3) is 6.49. The summed E-state index contributed by atoms with van der Waals surface area (Å²) in [6.07, 6.45) is 4.79. The number of nitrogens with one attached hydrogen (secondary N) is 1. The third-order valence-corrected chi connectivity index (χ3v) is 1.53. The van der Waals surface area contributed by atoms with Gasteiger partial charge in [-0.15, -0.1) is 6.58 Å². The van der Waals surface area contributed by atoms with Crippen LogP contribution in [0.25, 0.3) is 0 Å². The molecule has 1 N–H and O–H groups in total. The van der Waals surface area contributed by atoms with E-state index in [-0.39, 0.29) is 18.2 Å². The lowest BCUT2D eigenvalue weighted by Gasteiger charge is -2.06. The average molecular weight is 211 g/mol. The van der Waals surface area contributed by atoms with Crippen molar-refractivity contribution in [3.05, 3.63) is 24.4 Å². The second-order valence-corrected chi connectivity index (χ2v) is 2.89. The molecule has 0 heterocycles. The number of unbranched alkanes of at least 4 members (excludes halogenated alkanes) is 1. The van der Waals surface area contributed by atoms with Crippen LogP contribution in [-0.4, -0.2) is 18.5 Å². The van der Waals surface area contributed by atoms with Crippen molar-refractivity contribution in [2.45, 2.75) is 26.7 Å². The Bertz CT molecular complexity index is 269. The highest BCUT2D eigenvalue weighted by Gasteiger charge is 2.10. The van der Waals surface area contributed by atoms with E-state index >= 15 is 0 Å². The summed E-state index contributed by atoms with van der Waals surface area (Å²) in [6.45, 7) is 6.92. The van der Waals surface area contributed by atoms with Crippen molar-refractivity contribution >= 4 is 11.9 Å². The minimum absolute atomic E-state index is 0.200. The molecule has 0 saturated heterocycles. The van der Waals surface area contributed by atoms with Gasteiger partial charge in [0.05, 0.1) is 6.61 Å². The molecule has 4 nitrogen and oxygen atoms in total. The molecule has 0 aromatic rings. The van der Waals surface area contributed by atoms with Crippen LogP contribution in [0.15, 0.2) is 24.4 Å². The maximum Gasteiger partial charge on any atom is 0.354 e. The number of carbonyl (C=O) groups is 2. The fraction of sp³-hybridized carbons (Fsp3) is 0.455. The van der Waals surface area contributed by atoms with Crippen molar-refractivity contribution < 1.29 is 14.3 Å². The van der Waals surface area contributed by atoms with Crippen LogP contribution >= 0.6 is 0 Å². The number of allylic oxidation sites excluding steroid dienone is 2. The topological polar surface area (TPSA) is 55.4 Å². The predicted molar refractivity (Wildman–Crippen MR) is 58.0 cm³/mol. The van der Waals surface area contributed by atoms with E-state index in [1.807, 2.05) is 0 Å². The van der Waals surface area contributed by atoms with E-state index in [0.717, 1.165) is 6.42 Å². The first-order valence-electron chi connectivity index (χ1n) is 4.87. The van der Waals surface area contributed by atoms with Crippen LogP contribution in [0.5, 0.6) is 0 Å². The van der Waals surface area contributed by atoms with Gasteiger partial charge in [0.1, 0.15) is 5.70 Å². The minimum atomic E-state index is -0.503. The largest absolute Gasteiger partial charge is 0.461 e. The van der Waals surface area contributed by atoms with E-state index < -0.39 is 5.97 Å². The van der Waals surface area contributed by atoms with Gasteiger partial charge in [0, 0.05) is 6.92 Å². The molecule has 1 amide bonds. The Balaban J connectivity index is 4.41. The monoisotopic (exact) mass is 211 g/mol. The van der Waals surface area contributed by atoms with Gasteiger partial charge in [-0.05, 0) is 19.8 Å². The van der Waals surface area contributed by atoms with Crippen LogP contribution in [0.4, 0.5) is 0 Å². The fourth-order valence-corrected chi connectivity index (χ4v) is 0.929. The van der Waals surface area contributed by atoms with Crippen LogP contribution in [-0.2, 0) is 14.3 Å². The van der Waals surface area contributed by atoms with Crippen molar-refractivity contribution in [3.8, 4) is 0 Å². The number of esters is 1. The fourth-order valence-electron chi connectivity index (χ4n) is 0.929. The van der Waals surface area contributed by atoms with Gasteiger partial charge in [0.2, 0.25) is 5.91 Å². The Labute approximate surface area is 90.0 Å². The van der Waals surface area contributed by atoms with Gasteiger partial charge in [0.15, 0.2) is 0 Å². The van der Waals surface area contributed by atoms with Gasteiger partial charge in [0.25, 0.3) is 0 Å². The number of ether oxygens (including phenoxy) is 1. The number of hydrogen-bond acceptors (Lipinski definition) is 3. The molecule has 0 bridgehead atoms. The quantitative estimate of drug-likeness (QED) is 0.314. The first-order valence-corrected chi connectivity index (χ1v) is 4.87. The summed E-state index contributed by atoms with van der Waals surface area (Å²) >= 11 is 0. The van der Waals surface area contributed by atoms with Gasteiger partial charge >= 0.3 is 5.97 Å². The molecule has 0 radical (unpaired) electrons. The van der Waals surface area contributed by atoms with Crippen LogP contribution < -0.4 is 5.32 Å². The Kier molecular flexibility index (Phi) is 6.97. The standard InChI is InChI=1S/C11H17NO3/c1-4-6-7-8-10(12-9(3)13)11(14)15-5-2/h4,8H,1,5-7H2,2-3H3,(H,12,13). The zero-order valence-corrected chi connectivity index (χ0v) is 9.21. The third-order valence-electron chi connectivity index (χ3n) is 1.53. The van der Waals surface area contributed by atoms with Gasteiger partial charge in [-0.2, -0.15) is 0 Å². The van der Waals surface area contributed by atoms with Crippen LogP contribution in [0.3, 0.4) is 0 Å².